The molecule has 6 aliphatic carbocycles. The number of hydrogen-bond donors (Lipinski definition) is 0. The van der Waals surface area contributed by atoms with Crippen molar-refractivity contribution in [3.63, 3.8) is 0 Å². The lowest BCUT2D eigenvalue weighted by molar-refractivity contribution is -0.110. The molecule has 0 amide bonds. The lowest BCUT2D eigenvalue weighted by Gasteiger charge is -2.65. The third-order valence-corrected chi connectivity index (χ3v) is 11.2. The zero-order valence-electron chi connectivity index (χ0n) is 18.3. The maximum atomic E-state index is 13.2. The second kappa shape index (κ2) is 6.40. The number of halogens is 3. The highest BCUT2D eigenvalue weighted by molar-refractivity contribution is 7.88. The molecule has 0 aliphatic heterocycles. The standard InChI is InChI=1S/C21H34BF3O3S/c1-11-15-7-13(19(15,3)4)9-17(11)22(28-29(26,27)21(23,24)25)18-10-14-8-16(12(18)2)20(14,5)6/h11-18H,7-10H2,1-6H3/t11-,12-,13+,14+,15-,16-,17-,18-/m0/s1. The minimum atomic E-state index is -5.61. The van der Waals surface area contributed by atoms with Gasteiger partial charge in [-0.3, -0.25) is 0 Å². The van der Waals surface area contributed by atoms with E-state index in [2.05, 4.69) is 41.5 Å². The van der Waals surface area contributed by atoms with Crippen LogP contribution in [0.3, 0.4) is 0 Å². The van der Waals surface area contributed by atoms with Crippen molar-refractivity contribution in [2.75, 3.05) is 0 Å². The first-order chi connectivity index (χ1) is 13.1. The van der Waals surface area contributed by atoms with Gasteiger partial charge >= 0.3 is 22.5 Å². The van der Waals surface area contributed by atoms with Crippen molar-refractivity contribution in [1.82, 2.24) is 0 Å². The number of hydrogen-bond acceptors (Lipinski definition) is 3. The molecule has 8 heteroatoms. The summed E-state index contributed by atoms with van der Waals surface area (Å²) in [6, 6.07) is 0. The van der Waals surface area contributed by atoms with E-state index in [1.165, 1.54) is 0 Å². The summed E-state index contributed by atoms with van der Waals surface area (Å²) in [5.41, 5.74) is -5.00. The molecule has 6 aliphatic rings. The van der Waals surface area contributed by atoms with Crippen molar-refractivity contribution in [3.05, 3.63) is 0 Å². The summed E-state index contributed by atoms with van der Waals surface area (Å²) < 4.78 is 68.9. The van der Waals surface area contributed by atoms with Crippen LogP contribution in [-0.4, -0.2) is 20.8 Å². The first kappa shape index (κ1) is 22.0. The highest BCUT2D eigenvalue weighted by atomic mass is 32.2. The zero-order chi connectivity index (χ0) is 21.7. The molecule has 8 atom stereocenters. The molecule has 6 saturated carbocycles. The molecular weight excluding hydrogens is 400 g/mol. The molecule has 0 saturated heterocycles. The Hall–Kier alpha value is -0.235. The Balaban J connectivity index is 1.65. The summed E-state index contributed by atoms with van der Waals surface area (Å²) in [6.07, 6.45) is 3.74. The Morgan fingerprint density at radius 3 is 1.48 bits per heavy atom. The fourth-order valence-corrected chi connectivity index (χ4v) is 8.59. The molecule has 0 spiro atoms. The van der Waals surface area contributed by atoms with Crippen LogP contribution in [0, 0.1) is 46.3 Å². The fraction of sp³-hybridized carbons (Fsp3) is 1.00. The molecule has 0 aromatic carbocycles. The van der Waals surface area contributed by atoms with Crippen LogP contribution in [-0.2, 0) is 14.2 Å². The summed E-state index contributed by atoms with van der Waals surface area (Å²) in [4.78, 5) is 0. The van der Waals surface area contributed by atoms with E-state index in [9.17, 15) is 21.6 Å². The van der Waals surface area contributed by atoms with Crippen LogP contribution in [0.15, 0.2) is 0 Å². The van der Waals surface area contributed by atoms with Crippen LogP contribution in [0.2, 0.25) is 11.6 Å². The number of alkyl halides is 3. The van der Waals surface area contributed by atoms with Gasteiger partial charge in [-0.1, -0.05) is 54.4 Å². The molecule has 29 heavy (non-hydrogen) atoms. The van der Waals surface area contributed by atoms with E-state index < -0.39 is 22.5 Å². The van der Waals surface area contributed by atoms with Crippen LogP contribution in [0.25, 0.3) is 0 Å². The van der Waals surface area contributed by atoms with Gasteiger partial charge in [-0.25, -0.2) is 0 Å². The Morgan fingerprint density at radius 1 is 0.828 bits per heavy atom. The summed E-state index contributed by atoms with van der Waals surface area (Å²) in [5, 5.41) is 0. The highest BCUT2D eigenvalue weighted by Crippen LogP contribution is 2.69. The van der Waals surface area contributed by atoms with Gasteiger partial charge in [0.25, 0.3) is 0 Å². The lowest BCUT2D eigenvalue weighted by Crippen LogP contribution is -2.60. The van der Waals surface area contributed by atoms with Crippen molar-refractivity contribution < 1.29 is 25.7 Å². The van der Waals surface area contributed by atoms with Gasteiger partial charge in [0.2, 0.25) is 0 Å². The Labute approximate surface area is 173 Å². The zero-order valence-corrected chi connectivity index (χ0v) is 19.1. The molecule has 3 nitrogen and oxygen atoms in total. The van der Waals surface area contributed by atoms with Crippen LogP contribution in [0.1, 0.15) is 67.2 Å². The van der Waals surface area contributed by atoms with Crippen LogP contribution >= 0.6 is 0 Å². The van der Waals surface area contributed by atoms with Gasteiger partial charge < -0.3 is 4.10 Å². The lowest BCUT2D eigenvalue weighted by atomic mass is 9.28. The van der Waals surface area contributed by atoms with E-state index in [0.29, 0.717) is 23.7 Å². The van der Waals surface area contributed by atoms with Gasteiger partial charge in [0.05, 0.1) is 0 Å². The smallest absolute Gasteiger partial charge is 0.326 e. The molecule has 166 valence electrons. The second-order valence-corrected chi connectivity index (χ2v) is 13.3. The summed E-state index contributed by atoms with van der Waals surface area (Å²) >= 11 is 0. The van der Waals surface area contributed by atoms with Crippen molar-refractivity contribution in [3.8, 4) is 0 Å². The first-order valence-corrected chi connectivity index (χ1v) is 12.5. The molecule has 0 unspecified atom stereocenters. The number of fused-ring (bicyclic) bond motifs is 4. The monoisotopic (exact) mass is 434 g/mol. The van der Waals surface area contributed by atoms with Crippen molar-refractivity contribution in [1.29, 1.82) is 0 Å². The highest BCUT2D eigenvalue weighted by Gasteiger charge is 2.65. The van der Waals surface area contributed by atoms with Crippen molar-refractivity contribution in [2.45, 2.75) is 84.4 Å². The Morgan fingerprint density at radius 2 is 1.21 bits per heavy atom. The molecule has 4 bridgehead atoms. The van der Waals surface area contributed by atoms with E-state index >= 15 is 0 Å². The van der Waals surface area contributed by atoms with Crippen LogP contribution < -0.4 is 0 Å². The maximum absolute atomic E-state index is 13.2. The Kier molecular flexibility index (Phi) is 4.85. The van der Waals surface area contributed by atoms with Crippen molar-refractivity contribution in [2.24, 2.45) is 46.3 Å². The molecule has 0 radical (unpaired) electrons. The van der Waals surface area contributed by atoms with E-state index in [1.807, 2.05) is 0 Å². The third kappa shape index (κ3) is 3.05. The SMILES string of the molecule is C[C@@H]1[C@@H](B(OS(=O)(=O)C(F)(F)F)[C@H]2C[C@H]3C[C@@H]([C@@H]2C)C3(C)C)C[C@H]2C[C@@H]1C2(C)C. The quantitative estimate of drug-likeness (QED) is 0.403. The molecule has 0 aromatic rings. The summed E-state index contributed by atoms with van der Waals surface area (Å²) in [7, 11) is -5.61. The Bertz CT molecular complexity index is 737. The minimum Gasteiger partial charge on any atom is -0.326 e. The summed E-state index contributed by atoms with van der Waals surface area (Å²) in [5.74, 6) is 1.82. The molecule has 6 rings (SSSR count). The third-order valence-electron chi connectivity index (χ3n) is 10.2. The van der Waals surface area contributed by atoms with Crippen LogP contribution in [0.4, 0.5) is 13.2 Å². The average molecular weight is 434 g/mol. The van der Waals surface area contributed by atoms with E-state index in [-0.39, 0.29) is 34.3 Å². The van der Waals surface area contributed by atoms with Gasteiger partial charge in [0.1, 0.15) is 0 Å². The average Bonchev–Trinajstić information content (AvgIpc) is 2.58. The van der Waals surface area contributed by atoms with Gasteiger partial charge in [-0.05, 0) is 70.8 Å². The second-order valence-electron chi connectivity index (χ2n) is 11.7. The molecule has 0 aromatic heterocycles. The summed E-state index contributed by atoms with van der Waals surface area (Å²) in [6.45, 7) is 12.3. The predicted octanol–water partition coefficient (Wildman–Crippen LogP) is 5.99. The molecule has 0 N–H and O–H groups in total. The minimum absolute atomic E-state index is 0.128. The largest absolute Gasteiger partial charge is 0.521 e. The van der Waals surface area contributed by atoms with Gasteiger partial charge in [-0.15, -0.1) is 0 Å². The molecule has 6 fully saturated rings. The van der Waals surface area contributed by atoms with Crippen molar-refractivity contribution >= 4 is 17.0 Å². The van der Waals surface area contributed by atoms with Gasteiger partial charge in [0, 0.05) is 0 Å². The molecular formula is C21H34BF3O3S. The normalized spacial score (nSPS) is 45.1. The van der Waals surface area contributed by atoms with Crippen LogP contribution in [0.5, 0.6) is 0 Å². The van der Waals surface area contributed by atoms with Gasteiger partial charge in [0.15, 0.2) is 0 Å². The van der Waals surface area contributed by atoms with E-state index in [0.717, 1.165) is 25.7 Å². The first-order valence-electron chi connectivity index (χ1n) is 11.1. The van der Waals surface area contributed by atoms with E-state index in [1.54, 1.807) is 0 Å². The molecule has 0 heterocycles. The fourth-order valence-electron chi connectivity index (χ4n) is 7.91. The topological polar surface area (TPSA) is 43.4 Å². The van der Waals surface area contributed by atoms with E-state index in [4.69, 9.17) is 4.10 Å². The van der Waals surface area contributed by atoms with Gasteiger partial charge in [-0.2, -0.15) is 21.6 Å². The number of rotatable bonds is 4. The maximum Gasteiger partial charge on any atom is 0.521 e. The predicted molar refractivity (Wildman–Crippen MR) is 108 cm³/mol.